The third kappa shape index (κ3) is 4.87. The Morgan fingerprint density at radius 2 is 0.983 bits per heavy atom. The van der Waals surface area contributed by atoms with E-state index in [1.54, 1.807) is 6.20 Å². The number of fused-ring (bicyclic) bond motifs is 10. The van der Waals surface area contributed by atoms with E-state index in [4.69, 9.17) is 9.40 Å². The van der Waals surface area contributed by atoms with Crippen LogP contribution in [0.2, 0.25) is 0 Å². The zero-order valence-corrected chi connectivity index (χ0v) is 33.3. The molecule has 0 fully saturated rings. The molecule has 0 N–H and O–H groups in total. The molecule has 0 saturated carbocycles. The summed E-state index contributed by atoms with van der Waals surface area (Å²) in [6, 6.07) is 74.5. The molecule has 280 valence electrons. The number of aromatic nitrogens is 3. The standard InChI is InChI=1S/C54H34N4OSi/c55-34-36-33-47-43-17-7-10-20-48(43)58(54(47)56-35-36)38-25-29-42(30-26-38)60(39-13-3-1-4-14-39,40-15-5-2-6-16-40)41-27-23-37(24-28-41)57-49-21-11-8-19-46(49)52-50(57)32-31-45-44-18-9-12-22-51(44)59-53(45)52/h1-33,35H. The molecule has 8 aromatic carbocycles. The van der Waals surface area contributed by atoms with Crippen LogP contribution in [-0.2, 0) is 0 Å². The maximum Gasteiger partial charge on any atom is 0.179 e. The number of pyridine rings is 1. The summed E-state index contributed by atoms with van der Waals surface area (Å²) in [5, 5.41) is 21.5. The maximum atomic E-state index is 9.69. The van der Waals surface area contributed by atoms with Gasteiger partial charge in [-0.2, -0.15) is 5.26 Å². The van der Waals surface area contributed by atoms with Gasteiger partial charge in [0, 0.05) is 44.5 Å². The van der Waals surface area contributed by atoms with E-state index in [0.29, 0.717) is 5.56 Å². The molecule has 12 rings (SSSR count). The third-order valence-electron chi connectivity index (χ3n) is 12.4. The molecule has 0 aliphatic rings. The van der Waals surface area contributed by atoms with Crippen molar-refractivity contribution in [3.05, 3.63) is 212 Å². The highest BCUT2D eigenvalue weighted by Crippen LogP contribution is 2.40. The second kappa shape index (κ2) is 13.3. The van der Waals surface area contributed by atoms with E-state index in [2.05, 4.69) is 197 Å². The van der Waals surface area contributed by atoms with E-state index in [9.17, 15) is 5.26 Å². The van der Waals surface area contributed by atoms with Gasteiger partial charge >= 0.3 is 0 Å². The van der Waals surface area contributed by atoms with Crippen LogP contribution in [0.5, 0.6) is 0 Å². The Morgan fingerprint density at radius 3 is 1.63 bits per heavy atom. The van der Waals surface area contributed by atoms with Gasteiger partial charge in [-0.25, -0.2) is 4.98 Å². The Balaban J connectivity index is 1.06. The van der Waals surface area contributed by atoms with Crippen molar-refractivity contribution in [2.24, 2.45) is 0 Å². The lowest BCUT2D eigenvalue weighted by molar-refractivity contribution is 0.673. The largest absolute Gasteiger partial charge is 0.455 e. The Hall–Kier alpha value is -7.98. The van der Waals surface area contributed by atoms with Crippen molar-refractivity contribution in [3.8, 4) is 17.4 Å². The lowest BCUT2D eigenvalue weighted by atomic mass is 10.1. The molecule has 0 aliphatic carbocycles. The molecule has 4 heterocycles. The Morgan fingerprint density at radius 1 is 0.450 bits per heavy atom. The minimum Gasteiger partial charge on any atom is -0.455 e. The van der Waals surface area contributed by atoms with Crippen molar-refractivity contribution in [2.45, 2.75) is 0 Å². The first-order chi connectivity index (χ1) is 29.7. The number of hydrogen-bond acceptors (Lipinski definition) is 3. The van der Waals surface area contributed by atoms with Gasteiger partial charge in [0.1, 0.15) is 22.9 Å². The quantitative estimate of drug-likeness (QED) is 0.125. The van der Waals surface area contributed by atoms with Crippen LogP contribution in [0.4, 0.5) is 0 Å². The molecule has 6 heteroatoms. The molecule has 60 heavy (non-hydrogen) atoms. The second-order valence-corrected chi connectivity index (χ2v) is 19.2. The molecule has 0 radical (unpaired) electrons. The summed E-state index contributed by atoms with van der Waals surface area (Å²) < 4.78 is 11.2. The van der Waals surface area contributed by atoms with Crippen molar-refractivity contribution < 1.29 is 4.42 Å². The summed E-state index contributed by atoms with van der Waals surface area (Å²) in [4.78, 5) is 4.81. The monoisotopic (exact) mass is 782 g/mol. The Bertz CT molecular complexity index is 3610. The van der Waals surface area contributed by atoms with Gasteiger partial charge in [0.2, 0.25) is 0 Å². The summed E-state index contributed by atoms with van der Waals surface area (Å²) in [6.45, 7) is 0. The van der Waals surface area contributed by atoms with Crippen molar-refractivity contribution in [3.63, 3.8) is 0 Å². The number of rotatable bonds is 6. The summed E-state index contributed by atoms with van der Waals surface area (Å²) in [5.74, 6) is 0. The molecule has 0 atom stereocenters. The van der Waals surface area contributed by atoms with Gasteiger partial charge in [-0.3, -0.25) is 4.57 Å². The van der Waals surface area contributed by atoms with Gasteiger partial charge < -0.3 is 8.98 Å². The molecule has 0 unspecified atom stereocenters. The van der Waals surface area contributed by atoms with Crippen molar-refractivity contribution >= 4 is 94.5 Å². The zero-order valence-electron chi connectivity index (χ0n) is 32.3. The molecular weight excluding hydrogens is 749 g/mol. The average molecular weight is 783 g/mol. The van der Waals surface area contributed by atoms with E-state index >= 15 is 0 Å². The van der Waals surface area contributed by atoms with Crippen molar-refractivity contribution in [2.75, 3.05) is 0 Å². The molecule has 0 bridgehead atoms. The number of nitrogens with zero attached hydrogens (tertiary/aromatic N) is 4. The Labute approximate surface area is 346 Å². The fraction of sp³-hybridized carbons (Fsp3) is 0. The Kier molecular flexibility index (Phi) is 7.55. The first-order valence-electron chi connectivity index (χ1n) is 20.2. The van der Waals surface area contributed by atoms with Crippen LogP contribution in [0, 0.1) is 11.3 Å². The van der Waals surface area contributed by atoms with E-state index < -0.39 is 8.07 Å². The van der Waals surface area contributed by atoms with Crippen LogP contribution in [0.1, 0.15) is 5.56 Å². The minimum atomic E-state index is -2.88. The lowest BCUT2D eigenvalue weighted by Gasteiger charge is -2.34. The molecule has 0 saturated heterocycles. The average Bonchev–Trinajstić information content (AvgIpc) is 3.98. The number of furan rings is 1. The highest BCUT2D eigenvalue weighted by atomic mass is 28.3. The van der Waals surface area contributed by atoms with Crippen molar-refractivity contribution in [1.29, 1.82) is 5.26 Å². The maximum absolute atomic E-state index is 9.69. The molecule has 5 nitrogen and oxygen atoms in total. The smallest absolute Gasteiger partial charge is 0.179 e. The van der Waals surface area contributed by atoms with Crippen LogP contribution >= 0.6 is 0 Å². The highest BCUT2D eigenvalue weighted by molar-refractivity contribution is 7.19. The van der Waals surface area contributed by atoms with Gasteiger partial charge in [-0.1, -0.05) is 140 Å². The molecular formula is C54H34N4OSi. The van der Waals surface area contributed by atoms with Gasteiger partial charge in [0.05, 0.1) is 27.5 Å². The second-order valence-electron chi connectivity index (χ2n) is 15.4. The molecule has 0 aliphatic heterocycles. The van der Waals surface area contributed by atoms with Gasteiger partial charge in [0.15, 0.2) is 8.07 Å². The van der Waals surface area contributed by atoms with Crippen LogP contribution in [-0.4, -0.2) is 22.2 Å². The predicted octanol–water partition coefficient (Wildman–Crippen LogP) is 10.4. The SMILES string of the molecule is N#Cc1cnc2c(c1)c1ccccc1n2-c1ccc([Si](c2ccccc2)(c2ccccc2)c2ccc(-n3c4ccccc4c4c5oc6ccccc6c5ccc43)cc2)cc1. The predicted molar refractivity (Wildman–Crippen MR) is 249 cm³/mol. The zero-order chi connectivity index (χ0) is 39.8. The van der Waals surface area contributed by atoms with Crippen molar-refractivity contribution in [1.82, 2.24) is 14.1 Å². The van der Waals surface area contributed by atoms with Crippen LogP contribution in [0.25, 0.3) is 77.1 Å². The fourth-order valence-corrected chi connectivity index (χ4v) is 14.5. The van der Waals surface area contributed by atoms with E-state index in [-0.39, 0.29) is 0 Å². The fourth-order valence-electron chi connectivity index (χ4n) is 9.78. The van der Waals surface area contributed by atoms with E-state index in [0.717, 1.165) is 71.7 Å². The lowest BCUT2D eigenvalue weighted by Crippen LogP contribution is -2.74. The number of hydrogen-bond donors (Lipinski definition) is 0. The van der Waals surface area contributed by atoms with Gasteiger partial charge in [-0.15, -0.1) is 0 Å². The third-order valence-corrected chi connectivity index (χ3v) is 17.2. The highest BCUT2D eigenvalue weighted by Gasteiger charge is 2.41. The number of nitriles is 1. The van der Waals surface area contributed by atoms with E-state index in [1.165, 1.54) is 26.1 Å². The van der Waals surface area contributed by atoms with Gasteiger partial charge in [-0.05, 0) is 81.4 Å². The summed E-state index contributed by atoms with van der Waals surface area (Å²) >= 11 is 0. The number of para-hydroxylation sites is 3. The van der Waals surface area contributed by atoms with Crippen LogP contribution in [0.3, 0.4) is 0 Å². The van der Waals surface area contributed by atoms with Gasteiger partial charge in [0.25, 0.3) is 0 Å². The molecule has 4 aromatic heterocycles. The number of benzene rings is 8. The van der Waals surface area contributed by atoms with Crippen LogP contribution in [0.15, 0.2) is 211 Å². The minimum absolute atomic E-state index is 0.551. The first-order valence-corrected chi connectivity index (χ1v) is 22.2. The summed E-state index contributed by atoms with van der Waals surface area (Å²) in [7, 11) is -2.88. The molecule has 0 amide bonds. The normalized spacial score (nSPS) is 12.0. The van der Waals surface area contributed by atoms with Crippen LogP contribution < -0.4 is 20.7 Å². The topological polar surface area (TPSA) is 59.7 Å². The molecule has 0 spiro atoms. The molecule has 12 aromatic rings. The van der Waals surface area contributed by atoms with E-state index in [1.807, 2.05) is 18.2 Å². The summed E-state index contributed by atoms with van der Waals surface area (Å²) in [6.07, 6.45) is 1.66. The first kappa shape index (κ1) is 34.1. The summed E-state index contributed by atoms with van der Waals surface area (Å²) in [5.41, 5.74) is 8.63.